The lowest BCUT2D eigenvalue weighted by atomic mass is 9.98. The van der Waals surface area contributed by atoms with Crippen molar-refractivity contribution in [3.63, 3.8) is 0 Å². The van der Waals surface area contributed by atoms with E-state index in [0.717, 1.165) is 12.0 Å². The zero-order chi connectivity index (χ0) is 23.4. The highest BCUT2D eigenvalue weighted by Crippen LogP contribution is 2.41. The Morgan fingerprint density at radius 1 is 1.00 bits per heavy atom. The van der Waals surface area contributed by atoms with E-state index >= 15 is 0 Å². The first-order valence-corrected chi connectivity index (χ1v) is 10.5. The second-order valence-electron chi connectivity index (χ2n) is 6.97. The van der Waals surface area contributed by atoms with Gasteiger partial charge in [-0.2, -0.15) is 19.1 Å². The van der Waals surface area contributed by atoms with E-state index in [9.17, 15) is 17.6 Å². The Balaban J connectivity index is 1.97. The van der Waals surface area contributed by atoms with Crippen molar-refractivity contribution in [2.75, 3.05) is 31.2 Å². The zero-order valence-electron chi connectivity index (χ0n) is 17.0. The van der Waals surface area contributed by atoms with Crippen LogP contribution in [0, 0.1) is 5.82 Å². The molecule has 1 aromatic heterocycles. The second kappa shape index (κ2) is 10.0. The number of aromatic nitrogens is 2. The summed E-state index contributed by atoms with van der Waals surface area (Å²) in [5.41, 5.74) is 1.24. The monoisotopic (exact) mass is 482 g/mol. The van der Waals surface area contributed by atoms with Crippen LogP contribution in [0.1, 0.15) is 5.82 Å². The largest absolute Gasteiger partial charge is 0.451 e. The zero-order valence-corrected chi connectivity index (χ0v) is 17.8. The smallest absolute Gasteiger partial charge is 0.378 e. The van der Waals surface area contributed by atoms with Gasteiger partial charge in [0.25, 0.3) is 0 Å². The van der Waals surface area contributed by atoms with Crippen molar-refractivity contribution in [2.24, 2.45) is 5.90 Å². The number of morpholine rings is 1. The average molecular weight is 482 g/mol. The standard InChI is InChI=1S/C21H18F4N4O3S/c22-15-6-4-13(5-7-15)18-17(14-2-1-3-16(12-14)33-32-31-26)19(29-8-10-30-11-9-29)28-20(27-18)21(23,24)25/h1-7,12H,8-11,26H2. The lowest BCUT2D eigenvalue weighted by Gasteiger charge is -2.31. The van der Waals surface area contributed by atoms with Crippen molar-refractivity contribution in [2.45, 2.75) is 11.1 Å². The van der Waals surface area contributed by atoms with Gasteiger partial charge in [-0.25, -0.2) is 14.4 Å². The molecule has 0 amide bonds. The minimum Gasteiger partial charge on any atom is -0.378 e. The molecule has 1 aliphatic rings. The van der Waals surface area contributed by atoms with Crippen molar-refractivity contribution < 1.29 is 31.6 Å². The number of nitrogens with two attached hydrogens (primary N) is 1. The molecule has 1 saturated heterocycles. The number of benzene rings is 2. The maximum Gasteiger partial charge on any atom is 0.451 e. The van der Waals surface area contributed by atoms with Gasteiger partial charge in [-0.05, 0) is 42.0 Å². The van der Waals surface area contributed by atoms with Crippen molar-refractivity contribution in [3.05, 3.63) is 60.2 Å². The number of hydrogen-bond donors (Lipinski definition) is 1. The highest BCUT2D eigenvalue weighted by atomic mass is 32.2. The van der Waals surface area contributed by atoms with Crippen LogP contribution in [0.25, 0.3) is 22.4 Å². The fraction of sp³-hybridized carbons (Fsp3) is 0.238. The van der Waals surface area contributed by atoms with Crippen LogP contribution in [-0.4, -0.2) is 36.3 Å². The Hall–Kier alpha value is -2.77. The second-order valence-corrected chi connectivity index (χ2v) is 7.75. The molecule has 0 unspecified atom stereocenters. The fourth-order valence-corrected chi connectivity index (χ4v) is 3.85. The Kier molecular flexibility index (Phi) is 7.10. The van der Waals surface area contributed by atoms with Crippen molar-refractivity contribution in [1.82, 2.24) is 9.97 Å². The first kappa shape index (κ1) is 23.4. The summed E-state index contributed by atoms with van der Waals surface area (Å²) < 4.78 is 64.9. The summed E-state index contributed by atoms with van der Waals surface area (Å²) >= 11 is 0.830. The van der Waals surface area contributed by atoms with Crippen LogP contribution in [0.5, 0.6) is 0 Å². The molecule has 1 fully saturated rings. The molecule has 0 aliphatic carbocycles. The van der Waals surface area contributed by atoms with Gasteiger partial charge in [0.05, 0.1) is 36.5 Å². The lowest BCUT2D eigenvalue weighted by Crippen LogP contribution is -2.37. The van der Waals surface area contributed by atoms with Gasteiger partial charge < -0.3 is 9.64 Å². The van der Waals surface area contributed by atoms with Crippen LogP contribution in [0.2, 0.25) is 0 Å². The molecule has 0 saturated carbocycles. The molecule has 33 heavy (non-hydrogen) atoms. The summed E-state index contributed by atoms with van der Waals surface area (Å²) in [5, 5.41) is 0. The van der Waals surface area contributed by atoms with E-state index in [1.807, 2.05) is 0 Å². The van der Waals surface area contributed by atoms with Crippen LogP contribution in [0.4, 0.5) is 23.4 Å². The van der Waals surface area contributed by atoms with Gasteiger partial charge in [-0.3, -0.25) is 0 Å². The van der Waals surface area contributed by atoms with Gasteiger partial charge >= 0.3 is 6.18 Å². The van der Waals surface area contributed by atoms with Gasteiger partial charge in [0.1, 0.15) is 11.6 Å². The number of hydrogen-bond acceptors (Lipinski definition) is 8. The number of nitrogens with zero attached hydrogens (tertiary/aromatic N) is 3. The van der Waals surface area contributed by atoms with Gasteiger partial charge in [-0.15, -0.1) is 9.32 Å². The van der Waals surface area contributed by atoms with Gasteiger partial charge in [0.2, 0.25) is 5.82 Å². The molecule has 12 heteroatoms. The predicted molar refractivity (Wildman–Crippen MR) is 113 cm³/mol. The molecule has 7 nitrogen and oxygen atoms in total. The lowest BCUT2D eigenvalue weighted by molar-refractivity contribution is -0.195. The predicted octanol–water partition coefficient (Wildman–Crippen LogP) is 4.63. The molecule has 1 aliphatic heterocycles. The molecule has 0 spiro atoms. The first-order valence-electron chi connectivity index (χ1n) is 9.75. The molecular weight excluding hydrogens is 464 g/mol. The number of halogens is 4. The molecule has 2 N–H and O–H groups in total. The fourth-order valence-electron chi connectivity index (χ4n) is 3.42. The topological polar surface area (TPSA) is 82.7 Å². The minimum absolute atomic E-state index is 0.0250. The Labute approximate surface area is 190 Å². The van der Waals surface area contributed by atoms with Crippen LogP contribution in [0.3, 0.4) is 0 Å². The van der Waals surface area contributed by atoms with E-state index in [0.29, 0.717) is 47.9 Å². The third-order valence-electron chi connectivity index (χ3n) is 4.86. The summed E-state index contributed by atoms with van der Waals surface area (Å²) in [6, 6.07) is 11.9. The minimum atomic E-state index is -4.78. The summed E-state index contributed by atoms with van der Waals surface area (Å²) in [5.74, 6) is 3.21. The van der Waals surface area contributed by atoms with E-state index in [-0.39, 0.29) is 11.5 Å². The van der Waals surface area contributed by atoms with E-state index in [1.165, 1.54) is 24.3 Å². The van der Waals surface area contributed by atoms with Crippen molar-refractivity contribution >= 4 is 17.9 Å². The van der Waals surface area contributed by atoms with Crippen molar-refractivity contribution in [3.8, 4) is 22.4 Å². The van der Waals surface area contributed by atoms with Crippen LogP contribution < -0.4 is 10.8 Å². The molecular formula is C21H18F4N4O3S. The van der Waals surface area contributed by atoms with E-state index < -0.39 is 17.8 Å². The molecule has 0 bridgehead atoms. The number of anilines is 1. The van der Waals surface area contributed by atoms with Crippen LogP contribution >= 0.6 is 12.0 Å². The normalized spacial score (nSPS) is 14.5. The Morgan fingerprint density at radius 3 is 2.39 bits per heavy atom. The Bertz CT molecular complexity index is 1110. The first-order chi connectivity index (χ1) is 15.9. The third-order valence-corrected chi connectivity index (χ3v) is 5.46. The molecule has 2 heterocycles. The summed E-state index contributed by atoms with van der Waals surface area (Å²) in [6.07, 6.45) is -4.78. The van der Waals surface area contributed by atoms with E-state index in [4.69, 9.17) is 15.0 Å². The van der Waals surface area contributed by atoms with Crippen LogP contribution in [0.15, 0.2) is 53.4 Å². The van der Waals surface area contributed by atoms with Crippen molar-refractivity contribution in [1.29, 1.82) is 0 Å². The molecule has 2 aromatic carbocycles. The quantitative estimate of drug-likeness (QED) is 0.236. The number of alkyl halides is 3. The summed E-state index contributed by atoms with van der Waals surface area (Å²) in [7, 11) is 0. The van der Waals surface area contributed by atoms with Gasteiger partial charge in [0, 0.05) is 23.5 Å². The Morgan fingerprint density at radius 2 is 1.73 bits per heavy atom. The maximum absolute atomic E-state index is 13.8. The summed E-state index contributed by atoms with van der Waals surface area (Å²) in [4.78, 5) is 14.2. The number of ether oxygens (including phenoxy) is 1. The van der Waals surface area contributed by atoms with E-state index in [1.54, 1.807) is 29.2 Å². The molecule has 0 atom stereocenters. The molecule has 174 valence electrons. The molecule has 4 rings (SSSR count). The molecule has 0 radical (unpaired) electrons. The highest BCUT2D eigenvalue weighted by molar-refractivity contribution is 7.94. The van der Waals surface area contributed by atoms with E-state index in [2.05, 4.69) is 15.0 Å². The van der Waals surface area contributed by atoms with Gasteiger partial charge in [0.15, 0.2) is 0 Å². The average Bonchev–Trinajstić information content (AvgIpc) is 2.82. The SMILES string of the molecule is NOOSc1cccc(-c2c(-c3ccc(F)cc3)nc(C(F)(F)F)nc2N2CCOCC2)c1. The van der Waals surface area contributed by atoms with Crippen LogP contribution in [-0.2, 0) is 20.2 Å². The maximum atomic E-state index is 13.8. The van der Waals surface area contributed by atoms with Gasteiger partial charge in [-0.1, -0.05) is 12.1 Å². The number of rotatable bonds is 6. The summed E-state index contributed by atoms with van der Waals surface area (Å²) in [6.45, 7) is 1.38. The molecule has 3 aromatic rings. The highest BCUT2D eigenvalue weighted by Gasteiger charge is 2.37. The third kappa shape index (κ3) is 5.42.